The summed E-state index contributed by atoms with van der Waals surface area (Å²) < 4.78 is 10.4. The van der Waals surface area contributed by atoms with E-state index in [1.165, 1.54) is 4.90 Å². The summed E-state index contributed by atoms with van der Waals surface area (Å²) in [6.07, 6.45) is -0.141. The van der Waals surface area contributed by atoms with E-state index in [2.05, 4.69) is 0 Å². The van der Waals surface area contributed by atoms with Crippen LogP contribution >= 0.6 is 0 Å². The first-order chi connectivity index (χ1) is 9.72. The van der Waals surface area contributed by atoms with Crippen molar-refractivity contribution in [1.82, 2.24) is 4.90 Å². The molecule has 114 valence electrons. The Morgan fingerprint density at radius 1 is 1.33 bits per heavy atom. The third kappa shape index (κ3) is 3.35. The maximum Gasteiger partial charge on any atom is 0.413 e. The van der Waals surface area contributed by atoms with Gasteiger partial charge in [0.1, 0.15) is 11.1 Å². The Hall–Kier alpha value is -2.04. The molecule has 0 radical (unpaired) electrons. The van der Waals surface area contributed by atoms with Crippen molar-refractivity contribution in [2.75, 3.05) is 6.73 Å². The van der Waals surface area contributed by atoms with Crippen LogP contribution in [-0.4, -0.2) is 34.8 Å². The lowest BCUT2D eigenvalue weighted by molar-refractivity contribution is -0.142. The predicted octanol–water partition coefficient (Wildman–Crippen LogP) is 2.74. The van der Waals surface area contributed by atoms with Crippen molar-refractivity contribution in [2.45, 2.75) is 45.3 Å². The van der Waals surface area contributed by atoms with E-state index in [1.807, 2.05) is 30.3 Å². The summed E-state index contributed by atoms with van der Waals surface area (Å²) in [5.74, 6) is -0.405. The van der Waals surface area contributed by atoms with E-state index < -0.39 is 23.2 Å². The second-order valence-corrected chi connectivity index (χ2v) is 6.41. The molecule has 1 atom stereocenters. The number of esters is 1. The standard InChI is InChI=1S/C16H21NO4/c1-15(2,3)21-14(19)17-11-20-13(18)16(17,4)10-12-8-6-5-7-9-12/h5-9H,10-11H2,1-4H3/t16-/m0/s1. The predicted molar refractivity (Wildman–Crippen MR) is 77.6 cm³/mol. The number of ether oxygens (including phenoxy) is 2. The average molecular weight is 291 g/mol. The third-order valence-electron chi connectivity index (χ3n) is 3.37. The van der Waals surface area contributed by atoms with Crippen LogP contribution < -0.4 is 0 Å². The molecular formula is C16H21NO4. The van der Waals surface area contributed by atoms with E-state index in [9.17, 15) is 9.59 Å². The van der Waals surface area contributed by atoms with Crippen LogP contribution in [-0.2, 0) is 20.7 Å². The van der Waals surface area contributed by atoms with Gasteiger partial charge in [-0.05, 0) is 33.3 Å². The minimum atomic E-state index is -1.04. The van der Waals surface area contributed by atoms with E-state index >= 15 is 0 Å². The van der Waals surface area contributed by atoms with Crippen molar-refractivity contribution in [2.24, 2.45) is 0 Å². The molecule has 0 bridgehead atoms. The zero-order valence-corrected chi connectivity index (χ0v) is 12.9. The second-order valence-electron chi connectivity index (χ2n) is 6.41. The lowest BCUT2D eigenvalue weighted by Crippen LogP contribution is -2.51. The number of benzene rings is 1. The Labute approximate surface area is 124 Å². The van der Waals surface area contributed by atoms with Crippen molar-refractivity contribution in [3.63, 3.8) is 0 Å². The van der Waals surface area contributed by atoms with Crippen molar-refractivity contribution in [1.29, 1.82) is 0 Å². The van der Waals surface area contributed by atoms with Gasteiger partial charge in [-0.15, -0.1) is 0 Å². The molecule has 1 aliphatic rings. The fourth-order valence-electron chi connectivity index (χ4n) is 2.26. The Bertz CT molecular complexity index is 535. The minimum Gasteiger partial charge on any atom is -0.444 e. The van der Waals surface area contributed by atoms with Crippen molar-refractivity contribution in [3.8, 4) is 0 Å². The summed E-state index contributed by atoms with van der Waals surface area (Å²) in [5, 5.41) is 0. The molecular weight excluding hydrogens is 270 g/mol. The highest BCUT2D eigenvalue weighted by molar-refractivity contribution is 5.88. The molecule has 5 heteroatoms. The van der Waals surface area contributed by atoms with Gasteiger partial charge in [0.25, 0.3) is 0 Å². The minimum absolute atomic E-state index is 0.0723. The van der Waals surface area contributed by atoms with E-state index in [1.54, 1.807) is 27.7 Å². The zero-order valence-electron chi connectivity index (χ0n) is 12.9. The first kappa shape index (κ1) is 15.4. The fraction of sp³-hybridized carbons (Fsp3) is 0.500. The summed E-state index contributed by atoms with van der Waals surface area (Å²) in [6, 6.07) is 9.55. The summed E-state index contributed by atoms with van der Waals surface area (Å²) in [4.78, 5) is 25.7. The molecule has 2 rings (SSSR count). The van der Waals surface area contributed by atoms with Crippen molar-refractivity contribution in [3.05, 3.63) is 35.9 Å². The Kier molecular flexibility index (Phi) is 3.94. The van der Waals surface area contributed by atoms with E-state index in [0.717, 1.165) is 5.56 Å². The van der Waals surface area contributed by atoms with Gasteiger partial charge in [0.15, 0.2) is 6.73 Å². The average Bonchev–Trinajstić information content (AvgIpc) is 2.65. The quantitative estimate of drug-likeness (QED) is 0.786. The number of carbonyl (C=O) groups is 2. The zero-order chi connectivity index (χ0) is 15.7. The Morgan fingerprint density at radius 3 is 2.52 bits per heavy atom. The molecule has 5 nitrogen and oxygen atoms in total. The molecule has 1 heterocycles. The van der Waals surface area contributed by atoms with Gasteiger partial charge in [-0.1, -0.05) is 30.3 Å². The van der Waals surface area contributed by atoms with Crippen LogP contribution in [0.1, 0.15) is 33.3 Å². The highest BCUT2D eigenvalue weighted by Gasteiger charge is 2.50. The first-order valence-corrected chi connectivity index (χ1v) is 6.94. The number of hydrogen-bond acceptors (Lipinski definition) is 4. The van der Waals surface area contributed by atoms with E-state index in [0.29, 0.717) is 6.42 Å². The number of rotatable bonds is 2. The van der Waals surface area contributed by atoms with Gasteiger partial charge in [-0.25, -0.2) is 9.59 Å². The van der Waals surface area contributed by atoms with Crippen LogP contribution in [0.3, 0.4) is 0 Å². The van der Waals surface area contributed by atoms with Gasteiger partial charge >= 0.3 is 12.1 Å². The van der Waals surface area contributed by atoms with Crippen LogP contribution in [0.2, 0.25) is 0 Å². The largest absolute Gasteiger partial charge is 0.444 e. The van der Waals surface area contributed by atoms with Gasteiger partial charge in [0, 0.05) is 6.42 Å². The van der Waals surface area contributed by atoms with E-state index in [-0.39, 0.29) is 6.73 Å². The number of nitrogens with zero attached hydrogens (tertiary/aromatic N) is 1. The van der Waals surface area contributed by atoms with Crippen molar-refractivity contribution < 1.29 is 19.1 Å². The molecule has 1 aromatic carbocycles. The van der Waals surface area contributed by atoms with Crippen LogP contribution in [0.5, 0.6) is 0 Å². The lowest BCUT2D eigenvalue weighted by atomic mass is 9.92. The summed E-state index contributed by atoms with van der Waals surface area (Å²) in [6.45, 7) is 7.00. The molecule has 0 spiro atoms. The second kappa shape index (κ2) is 5.39. The number of cyclic esters (lactones) is 1. The Balaban J connectivity index is 2.21. The highest BCUT2D eigenvalue weighted by atomic mass is 16.6. The van der Waals surface area contributed by atoms with Gasteiger partial charge in [-0.2, -0.15) is 0 Å². The molecule has 0 unspecified atom stereocenters. The molecule has 1 aliphatic heterocycles. The third-order valence-corrected chi connectivity index (χ3v) is 3.37. The highest BCUT2D eigenvalue weighted by Crippen LogP contribution is 2.29. The topological polar surface area (TPSA) is 55.8 Å². The molecule has 0 N–H and O–H groups in total. The smallest absolute Gasteiger partial charge is 0.413 e. The van der Waals surface area contributed by atoms with Gasteiger partial charge < -0.3 is 9.47 Å². The molecule has 0 saturated carbocycles. The molecule has 1 amide bonds. The molecule has 1 aromatic rings. The molecule has 0 aliphatic carbocycles. The normalized spacial score (nSPS) is 22.1. The Morgan fingerprint density at radius 2 is 1.95 bits per heavy atom. The van der Waals surface area contributed by atoms with E-state index in [4.69, 9.17) is 9.47 Å². The summed E-state index contributed by atoms with van der Waals surface area (Å²) >= 11 is 0. The molecule has 0 aromatic heterocycles. The lowest BCUT2D eigenvalue weighted by Gasteiger charge is -2.32. The van der Waals surface area contributed by atoms with Crippen LogP contribution in [0.4, 0.5) is 4.79 Å². The van der Waals surface area contributed by atoms with Gasteiger partial charge in [0.2, 0.25) is 0 Å². The van der Waals surface area contributed by atoms with Crippen molar-refractivity contribution >= 4 is 12.1 Å². The SMILES string of the molecule is CC(C)(C)OC(=O)N1COC(=O)[C@]1(C)Cc1ccccc1. The summed E-state index contributed by atoms with van der Waals surface area (Å²) in [5.41, 5.74) is -0.688. The monoisotopic (exact) mass is 291 g/mol. The number of amides is 1. The fourth-order valence-corrected chi connectivity index (χ4v) is 2.26. The molecule has 21 heavy (non-hydrogen) atoms. The van der Waals surface area contributed by atoms with Crippen LogP contribution in [0.15, 0.2) is 30.3 Å². The number of hydrogen-bond donors (Lipinski definition) is 0. The molecule has 1 saturated heterocycles. The van der Waals surface area contributed by atoms with Gasteiger partial charge in [0.05, 0.1) is 0 Å². The maximum absolute atomic E-state index is 12.3. The van der Waals surface area contributed by atoms with Gasteiger partial charge in [-0.3, -0.25) is 4.90 Å². The van der Waals surface area contributed by atoms with Crippen LogP contribution in [0.25, 0.3) is 0 Å². The molecule has 1 fully saturated rings. The van der Waals surface area contributed by atoms with Crippen LogP contribution in [0, 0.1) is 0 Å². The first-order valence-electron chi connectivity index (χ1n) is 6.94. The maximum atomic E-state index is 12.3. The summed E-state index contributed by atoms with van der Waals surface area (Å²) in [7, 11) is 0. The number of carbonyl (C=O) groups excluding carboxylic acids is 2.